The van der Waals surface area contributed by atoms with Gasteiger partial charge in [0.25, 0.3) is 0 Å². The van der Waals surface area contributed by atoms with Crippen molar-refractivity contribution in [1.29, 1.82) is 0 Å². The first-order valence-electron chi connectivity index (χ1n) is 9.77. The van der Waals surface area contributed by atoms with Gasteiger partial charge in [-0.1, -0.05) is 37.1 Å². The molecule has 27 heavy (non-hydrogen) atoms. The van der Waals surface area contributed by atoms with Gasteiger partial charge in [0, 0.05) is 18.7 Å². The Morgan fingerprint density at radius 1 is 1.07 bits per heavy atom. The molecule has 144 valence electrons. The number of hydrogen-bond acceptors (Lipinski definition) is 3. The number of nitrogens with zero attached hydrogens (tertiary/aromatic N) is 1. The van der Waals surface area contributed by atoms with Gasteiger partial charge in [0.15, 0.2) is 0 Å². The maximum absolute atomic E-state index is 5.87. The third kappa shape index (κ3) is 7.09. The Hall–Kier alpha value is -2.28. The fourth-order valence-electron chi connectivity index (χ4n) is 3.21. The third-order valence-electron chi connectivity index (χ3n) is 4.63. The highest BCUT2D eigenvalue weighted by molar-refractivity contribution is 5.65. The molecule has 0 aromatic heterocycles. The second kappa shape index (κ2) is 11.4. The number of terminal acetylenes is 1. The zero-order valence-corrected chi connectivity index (χ0v) is 16.9. The molecule has 1 N–H and O–H groups in total. The molecule has 1 aliphatic heterocycles. The Kier molecular flexibility index (Phi) is 8.91. The lowest BCUT2D eigenvalue weighted by atomic mass is 10.0. The topological polar surface area (TPSA) is 24.5 Å². The largest absolute Gasteiger partial charge is 0.494 e. The van der Waals surface area contributed by atoms with Crippen LogP contribution < -0.4 is 10.1 Å². The van der Waals surface area contributed by atoms with Crippen molar-refractivity contribution >= 4 is 0 Å². The fourth-order valence-corrected chi connectivity index (χ4v) is 3.21. The van der Waals surface area contributed by atoms with Gasteiger partial charge in [0.2, 0.25) is 0 Å². The molecule has 3 heteroatoms. The minimum absolute atomic E-state index is 0.779. The van der Waals surface area contributed by atoms with Crippen LogP contribution in [0.1, 0.15) is 25.3 Å². The van der Waals surface area contributed by atoms with Crippen LogP contribution in [0.5, 0.6) is 5.75 Å². The van der Waals surface area contributed by atoms with E-state index in [1.807, 2.05) is 38.4 Å². The lowest BCUT2D eigenvalue weighted by Crippen LogP contribution is -2.22. The fraction of sp³-hybridized carbons (Fsp3) is 0.417. The minimum atomic E-state index is 0.779. The van der Waals surface area contributed by atoms with Gasteiger partial charge in [-0.25, -0.2) is 0 Å². The molecule has 0 spiro atoms. The van der Waals surface area contributed by atoms with Gasteiger partial charge in [-0.15, -0.1) is 6.42 Å². The summed E-state index contributed by atoms with van der Waals surface area (Å²) in [4.78, 5) is 2.54. The van der Waals surface area contributed by atoms with E-state index in [0.717, 1.165) is 36.8 Å². The summed E-state index contributed by atoms with van der Waals surface area (Å²) in [5, 5.41) is 2.75. The Morgan fingerprint density at radius 2 is 1.67 bits per heavy atom. The molecular formula is C24H32N2O. The number of hydrogen-bond donors (Lipinski definition) is 1. The van der Waals surface area contributed by atoms with Gasteiger partial charge in [-0.2, -0.15) is 0 Å². The van der Waals surface area contributed by atoms with E-state index in [9.17, 15) is 0 Å². The summed E-state index contributed by atoms with van der Waals surface area (Å²) in [5.41, 5.74) is 3.26. The van der Waals surface area contributed by atoms with Crippen molar-refractivity contribution in [3.8, 4) is 29.2 Å². The van der Waals surface area contributed by atoms with Crippen molar-refractivity contribution in [2.75, 3.05) is 40.3 Å². The van der Waals surface area contributed by atoms with Gasteiger partial charge in [0.05, 0.1) is 6.61 Å². The van der Waals surface area contributed by atoms with Crippen LogP contribution in [0.15, 0.2) is 48.5 Å². The molecule has 3 rings (SSSR count). The molecule has 2 aromatic carbocycles. The molecule has 1 fully saturated rings. The number of rotatable bonds is 6. The van der Waals surface area contributed by atoms with Crippen LogP contribution in [-0.4, -0.2) is 45.2 Å². The molecule has 0 amide bonds. The van der Waals surface area contributed by atoms with E-state index >= 15 is 0 Å². The van der Waals surface area contributed by atoms with Crippen LogP contribution in [0.4, 0.5) is 0 Å². The molecule has 1 saturated heterocycles. The molecule has 3 nitrogen and oxygen atoms in total. The first kappa shape index (κ1) is 21.0. The molecule has 1 aliphatic rings. The second-order valence-electron chi connectivity index (χ2n) is 7.14. The monoisotopic (exact) mass is 364 g/mol. The summed E-state index contributed by atoms with van der Waals surface area (Å²) in [6.45, 7) is 6.74. The summed E-state index contributed by atoms with van der Waals surface area (Å²) < 4.78 is 5.87. The predicted octanol–water partition coefficient (Wildman–Crippen LogP) is 4.28. The van der Waals surface area contributed by atoms with Crippen molar-refractivity contribution in [1.82, 2.24) is 10.2 Å². The summed E-state index contributed by atoms with van der Waals surface area (Å²) in [6, 6.07) is 16.3. The first-order valence-corrected chi connectivity index (χ1v) is 9.77. The van der Waals surface area contributed by atoms with Crippen molar-refractivity contribution in [2.24, 2.45) is 5.92 Å². The average Bonchev–Trinajstić information content (AvgIpc) is 3.12. The minimum Gasteiger partial charge on any atom is -0.494 e. The highest BCUT2D eigenvalue weighted by Crippen LogP contribution is 2.23. The van der Waals surface area contributed by atoms with E-state index < -0.39 is 0 Å². The van der Waals surface area contributed by atoms with Crippen LogP contribution >= 0.6 is 0 Å². The number of ether oxygens (including phenoxy) is 1. The van der Waals surface area contributed by atoms with E-state index in [1.54, 1.807) is 0 Å². The van der Waals surface area contributed by atoms with E-state index in [-0.39, 0.29) is 0 Å². The SMILES string of the molecule is C#Cc1ccc(-c2ccc(OCCCN3CCC(C)C3)cc2)cc1.CNC. The maximum atomic E-state index is 5.87. The van der Waals surface area contributed by atoms with E-state index in [4.69, 9.17) is 11.2 Å². The lowest BCUT2D eigenvalue weighted by Gasteiger charge is -2.15. The summed E-state index contributed by atoms with van der Waals surface area (Å²) in [7, 11) is 3.75. The van der Waals surface area contributed by atoms with Crippen molar-refractivity contribution < 1.29 is 4.74 Å². The standard InChI is InChI=1S/C22H25NO.C2H7N/c1-3-19-5-7-20(8-6-19)21-9-11-22(12-10-21)24-16-4-14-23-15-13-18(2)17-23;1-3-2/h1,5-12,18H,4,13-17H2,2H3;3H,1-2H3. The molecular weight excluding hydrogens is 332 g/mol. The predicted molar refractivity (Wildman–Crippen MR) is 115 cm³/mol. The van der Waals surface area contributed by atoms with Crippen molar-refractivity contribution in [2.45, 2.75) is 19.8 Å². The van der Waals surface area contributed by atoms with E-state index in [1.165, 1.54) is 30.6 Å². The second-order valence-corrected chi connectivity index (χ2v) is 7.14. The van der Waals surface area contributed by atoms with E-state index in [2.05, 4.69) is 47.3 Å². The normalized spacial score (nSPS) is 16.3. The summed E-state index contributed by atoms with van der Waals surface area (Å²) >= 11 is 0. The van der Waals surface area contributed by atoms with Gasteiger partial charge in [-0.3, -0.25) is 0 Å². The average molecular weight is 365 g/mol. The molecule has 0 radical (unpaired) electrons. The quantitative estimate of drug-likeness (QED) is 0.612. The van der Waals surface area contributed by atoms with Gasteiger partial charge in [-0.05, 0) is 74.8 Å². The Morgan fingerprint density at radius 3 is 2.19 bits per heavy atom. The van der Waals surface area contributed by atoms with Crippen LogP contribution in [0.2, 0.25) is 0 Å². The molecule has 1 heterocycles. The molecule has 1 atom stereocenters. The molecule has 1 unspecified atom stereocenters. The van der Waals surface area contributed by atoms with Gasteiger partial charge >= 0.3 is 0 Å². The van der Waals surface area contributed by atoms with Crippen LogP contribution in [-0.2, 0) is 0 Å². The number of likely N-dealkylation sites (tertiary alicyclic amines) is 1. The maximum Gasteiger partial charge on any atom is 0.119 e. The van der Waals surface area contributed by atoms with E-state index in [0.29, 0.717) is 0 Å². The van der Waals surface area contributed by atoms with Crippen LogP contribution in [0.25, 0.3) is 11.1 Å². The lowest BCUT2D eigenvalue weighted by molar-refractivity contribution is 0.259. The van der Waals surface area contributed by atoms with Gasteiger partial charge < -0.3 is 15.0 Å². The summed E-state index contributed by atoms with van der Waals surface area (Å²) in [6.07, 6.45) is 7.82. The molecule has 0 bridgehead atoms. The number of benzene rings is 2. The zero-order valence-electron chi connectivity index (χ0n) is 16.9. The Balaban J connectivity index is 0.000000817. The van der Waals surface area contributed by atoms with Crippen molar-refractivity contribution in [3.05, 3.63) is 54.1 Å². The summed E-state index contributed by atoms with van der Waals surface area (Å²) in [5.74, 6) is 4.44. The zero-order chi connectivity index (χ0) is 19.5. The molecule has 0 saturated carbocycles. The molecule has 0 aliphatic carbocycles. The highest BCUT2D eigenvalue weighted by atomic mass is 16.5. The Labute approximate surface area is 164 Å². The number of nitrogens with one attached hydrogen (secondary N) is 1. The van der Waals surface area contributed by atoms with Gasteiger partial charge in [0.1, 0.15) is 5.75 Å². The first-order chi connectivity index (χ1) is 13.2. The van der Waals surface area contributed by atoms with Crippen molar-refractivity contribution in [3.63, 3.8) is 0 Å². The molecule has 2 aromatic rings. The Bertz CT molecular complexity index is 701. The smallest absolute Gasteiger partial charge is 0.119 e. The third-order valence-corrected chi connectivity index (χ3v) is 4.63. The highest BCUT2D eigenvalue weighted by Gasteiger charge is 2.17. The van der Waals surface area contributed by atoms with Crippen LogP contribution in [0, 0.1) is 18.3 Å². The van der Waals surface area contributed by atoms with Crippen LogP contribution in [0.3, 0.4) is 0 Å².